The van der Waals surface area contributed by atoms with Crippen LogP contribution in [0.25, 0.3) is 0 Å². The van der Waals surface area contributed by atoms with Crippen molar-refractivity contribution in [1.82, 2.24) is 24.2 Å². The van der Waals surface area contributed by atoms with E-state index < -0.39 is 63.3 Å². The second-order valence-electron chi connectivity index (χ2n) is 13.3. The Morgan fingerprint density at radius 3 is 2.45 bits per heavy atom. The van der Waals surface area contributed by atoms with Crippen LogP contribution in [-0.4, -0.2) is 78.6 Å². The summed E-state index contributed by atoms with van der Waals surface area (Å²) in [7, 11) is -3.72. The number of nitrogens with one attached hydrogen (secondary N) is 3. The third kappa shape index (κ3) is 10.1. The van der Waals surface area contributed by atoms with Crippen molar-refractivity contribution in [1.29, 1.82) is 0 Å². The molecule has 5 rings (SSSR count). The molecule has 3 fully saturated rings. The maximum atomic E-state index is 15.5. The molecule has 51 heavy (non-hydrogen) atoms. The first kappa shape index (κ1) is 38.3. The topological polar surface area (TPSA) is 124 Å². The lowest BCUT2D eigenvalue weighted by atomic mass is 9.84. The lowest BCUT2D eigenvalue weighted by molar-refractivity contribution is -0.127. The number of pyridine rings is 1. The molecular formula is C36H44F4N6O4S. The average Bonchev–Trinajstić information content (AvgIpc) is 3.70. The Morgan fingerprint density at radius 2 is 1.78 bits per heavy atom. The van der Waals surface area contributed by atoms with Gasteiger partial charge in [-0.1, -0.05) is 18.7 Å². The van der Waals surface area contributed by atoms with E-state index in [0.29, 0.717) is 37.8 Å². The second-order valence-corrected chi connectivity index (χ2v) is 15.2. The molecule has 2 amide bonds. The Kier molecular flexibility index (Phi) is 12.8. The van der Waals surface area contributed by atoms with Crippen LogP contribution in [0.1, 0.15) is 62.5 Å². The monoisotopic (exact) mass is 732 g/mol. The molecule has 15 heteroatoms. The lowest BCUT2D eigenvalue weighted by Crippen LogP contribution is -2.57. The van der Waals surface area contributed by atoms with Crippen molar-refractivity contribution in [3.63, 3.8) is 0 Å². The molecule has 0 radical (unpaired) electrons. The number of piperazine rings is 1. The van der Waals surface area contributed by atoms with E-state index in [1.807, 2.05) is 0 Å². The standard InChI is InChI=1S/C36H44F4N6O4S/c1-23(17-28(39)18-24(2)37)34(26-7-9-27(38)10-8-26)35(44-33(47)19-25-5-6-25)36(48)43-32-22-42-21-31(40)30(32)12-11-29-20-41-13-16-46(29)51(49,50)45-14-3-4-15-45/h7-10,17-18,21-22,25,29,34-35,41H,1,3-6,11-16,19-20H2,2H3,(H,43,48)(H,44,47)/b24-18+,28-17+/t29-,34+,35-/m0/s1. The van der Waals surface area contributed by atoms with Crippen molar-refractivity contribution in [2.24, 2.45) is 5.92 Å². The Balaban J connectivity index is 1.43. The van der Waals surface area contributed by atoms with Crippen LogP contribution in [0.5, 0.6) is 0 Å². The number of hydrogen-bond donors (Lipinski definition) is 3. The number of amides is 2. The second kappa shape index (κ2) is 17.1. The van der Waals surface area contributed by atoms with Crippen LogP contribution in [0, 0.1) is 17.6 Å². The highest BCUT2D eigenvalue weighted by molar-refractivity contribution is 7.86. The van der Waals surface area contributed by atoms with Crippen molar-refractivity contribution >= 4 is 27.7 Å². The van der Waals surface area contributed by atoms with Crippen LogP contribution in [-0.2, 0) is 26.2 Å². The smallest absolute Gasteiger partial charge is 0.282 e. The normalized spacial score (nSPS) is 20.5. The average molecular weight is 733 g/mol. The summed E-state index contributed by atoms with van der Waals surface area (Å²) in [6, 6.07) is 3.10. The van der Waals surface area contributed by atoms with Gasteiger partial charge in [-0.2, -0.15) is 17.0 Å². The van der Waals surface area contributed by atoms with Gasteiger partial charge in [0.2, 0.25) is 11.8 Å². The zero-order valence-corrected chi connectivity index (χ0v) is 29.3. The highest BCUT2D eigenvalue weighted by atomic mass is 32.2. The summed E-state index contributed by atoms with van der Waals surface area (Å²) in [5, 5.41) is 8.64. The van der Waals surface area contributed by atoms with Crippen LogP contribution < -0.4 is 16.0 Å². The number of halogens is 4. The molecule has 1 aromatic heterocycles. The molecule has 0 bridgehead atoms. The van der Waals surface area contributed by atoms with E-state index in [4.69, 9.17) is 0 Å². The van der Waals surface area contributed by atoms with Gasteiger partial charge in [0.25, 0.3) is 10.2 Å². The number of carbonyl (C=O) groups excluding carboxylic acids is 2. The summed E-state index contributed by atoms with van der Waals surface area (Å²) in [6.45, 7) is 6.99. The molecule has 0 unspecified atom stereocenters. The molecule has 1 aromatic carbocycles. The SMILES string of the molecule is C=C(/C=C(F)\C=C(/C)F)[C@H](c1ccc(F)cc1)[C@H](NC(=O)CC1CC1)C(=O)Nc1cncc(F)c1CC[C@H]1CNCCN1S(=O)(=O)N1CCCC1. The van der Waals surface area contributed by atoms with Gasteiger partial charge in [-0.05, 0) is 80.7 Å². The zero-order chi connectivity index (χ0) is 36.7. The fourth-order valence-corrected chi connectivity index (χ4v) is 8.51. The third-order valence-electron chi connectivity index (χ3n) is 9.37. The summed E-state index contributed by atoms with van der Waals surface area (Å²) < 4.78 is 87.6. The lowest BCUT2D eigenvalue weighted by Gasteiger charge is -2.37. The van der Waals surface area contributed by atoms with Gasteiger partial charge in [-0.25, -0.2) is 17.6 Å². The van der Waals surface area contributed by atoms with E-state index >= 15 is 4.39 Å². The predicted octanol–water partition coefficient (Wildman–Crippen LogP) is 5.20. The van der Waals surface area contributed by atoms with E-state index in [9.17, 15) is 31.2 Å². The summed E-state index contributed by atoms with van der Waals surface area (Å²) in [4.78, 5) is 31.3. The van der Waals surface area contributed by atoms with E-state index in [0.717, 1.165) is 57.0 Å². The Hall–Kier alpha value is -3.92. The number of hydrogen-bond acceptors (Lipinski definition) is 6. The fraction of sp³-hybridized carbons (Fsp3) is 0.472. The number of benzene rings is 1. The molecule has 2 saturated heterocycles. The molecule has 0 spiro atoms. The van der Waals surface area contributed by atoms with Crippen molar-refractivity contribution in [2.75, 3.05) is 38.0 Å². The first-order valence-electron chi connectivity index (χ1n) is 17.2. The number of allylic oxidation sites excluding steroid dienone is 4. The molecule has 2 aromatic rings. The Bertz CT molecular complexity index is 1760. The van der Waals surface area contributed by atoms with E-state index in [2.05, 4.69) is 27.5 Å². The maximum Gasteiger partial charge on any atom is 0.282 e. The summed E-state index contributed by atoms with van der Waals surface area (Å²) in [5.74, 6) is -5.38. The third-order valence-corrected chi connectivity index (χ3v) is 11.5. The minimum Gasteiger partial charge on any atom is -0.343 e. The number of rotatable bonds is 15. The van der Waals surface area contributed by atoms with Gasteiger partial charge in [0.05, 0.1) is 23.9 Å². The molecule has 10 nitrogen and oxygen atoms in total. The van der Waals surface area contributed by atoms with Gasteiger partial charge in [0.1, 0.15) is 23.5 Å². The molecule has 3 heterocycles. The minimum absolute atomic E-state index is 0.000314. The number of nitrogens with zero attached hydrogens (tertiary/aromatic N) is 3. The van der Waals surface area contributed by atoms with Gasteiger partial charge < -0.3 is 16.0 Å². The summed E-state index contributed by atoms with van der Waals surface area (Å²) >= 11 is 0. The van der Waals surface area contributed by atoms with Crippen LogP contribution in [0.2, 0.25) is 0 Å². The first-order valence-corrected chi connectivity index (χ1v) is 18.6. The first-order chi connectivity index (χ1) is 24.3. The van der Waals surface area contributed by atoms with Gasteiger partial charge in [0.15, 0.2) is 0 Å². The van der Waals surface area contributed by atoms with E-state index in [-0.39, 0.29) is 48.5 Å². The van der Waals surface area contributed by atoms with Crippen LogP contribution in [0.4, 0.5) is 23.2 Å². The largest absolute Gasteiger partial charge is 0.343 e. The predicted molar refractivity (Wildman–Crippen MR) is 186 cm³/mol. The maximum absolute atomic E-state index is 15.5. The summed E-state index contributed by atoms with van der Waals surface area (Å²) in [5.41, 5.74) is 0.364. The molecule has 276 valence electrons. The highest BCUT2D eigenvalue weighted by Crippen LogP contribution is 2.34. The zero-order valence-electron chi connectivity index (χ0n) is 28.5. The molecule has 3 aliphatic rings. The van der Waals surface area contributed by atoms with E-state index in [1.165, 1.54) is 26.9 Å². The van der Waals surface area contributed by atoms with Gasteiger partial charge in [0, 0.05) is 62.7 Å². The molecule has 3 N–H and O–H groups in total. The van der Waals surface area contributed by atoms with Gasteiger partial charge in [-0.15, -0.1) is 0 Å². The van der Waals surface area contributed by atoms with E-state index in [1.54, 1.807) is 0 Å². The molecular weight excluding hydrogens is 688 g/mol. The Morgan fingerprint density at radius 1 is 1.08 bits per heavy atom. The van der Waals surface area contributed by atoms with Crippen LogP contribution in [0.15, 0.2) is 72.6 Å². The number of carbonyl (C=O) groups is 2. The molecule has 2 aliphatic heterocycles. The molecule has 3 atom stereocenters. The Labute approximate surface area is 296 Å². The number of anilines is 1. The summed E-state index contributed by atoms with van der Waals surface area (Å²) in [6.07, 6.45) is 7.51. The van der Waals surface area contributed by atoms with Crippen LogP contribution >= 0.6 is 0 Å². The molecule has 1 saturated carbocycles. The number of aromatic nitrogens is 1. The van der Waals surface area contributed by atoms with Gasteiger partial charge in [-0.3, -0.25) is 14.6 Å². The quantitative estimate of drug-likeness (QED) is 0.171. The minimum atomic E-state index is -3.72. The van der Waals surface area contributed by atoms with Crippen molar-refractivity contribution in [3.05, 3.63) is 95.4 Å². The van der Waals surface area contributed by atoms with Crippen LogP contribution in [0.3, 0.4) is 0 Å². The highest BCUT2D eigenvalue weighted by Gasteiger charge is 2.38. The van der Waals surface area contributed by atoms with Gasteiger partial charge >= 0.3 is 0 Å². The van der Waals surface area contributed by atoms with Crippen molar-refractivity contribution < 1.29 is 35.6 Å². The van der Waals surface area contributed by atoms with Crippen molar-refractivity contribution in [2.45, 2.75) is 69.9 Å². The molecule has 1 aliphatic carbocycles. The van der Waals surface area contributed by atoms with Crippen molar-refractivity contribution in [3.8, 4) is 0 Å². The fourth-order valence-electron chi connectivity index (χ4n) is 6.61.